The third-order valence-electron chi connectivity index (χ3n) is 4.15. The second-order valence-corrected chi connectivity index (χ2v) is 5.59. The third-order valence-corrected chi connectivity index (χ3v) is 4.15. The van der Waals surface area contributed by atoms with E-state index in [2.05, 4.69) is 10.6 Å². The number of nitrogens with one attached hydrogen (secondary N) is 2. The lowest BCUT2D eigenvalue weighted by Gasteiger charge is -2.11. The van der Waals surface area contributed by atoms with Gasteiger partial charge in [-0.15, -0.1) is 0 Å². The maximum atomic E-state index is 12.1. The summed E-state index contributed by atoms with van der Waals surface area (Å²) in [6, 6.07) is 5.86. The molecule has 2 aliphatic rings. The van der Waals surface area contributed by atoms with Crippen molar-refractivity contribution in [3.8, 4) is 0 Å². The molecule has 4 nitrogen and oxygen atoms in total. The Labute approximate surface area is 113 Å². The lowest BCUT2D eigenvalue weighted by molar-refractivity contribution is 0.0945. The van der Waals surface area contributed by atoms with Crippen LogP contribution in [0.5, 0.6) is 0 Å². The van der Waals surface area contributed by atoms with Crippen LogP contribution in [0.1, 0.15) is 35.2 Å². The van der Waals surface area contributed by atoms with E-state index in [-0.39, 0.29) is 12.0 Å². The standard InChI is InChI=1S/C15H20N2O2/c18-13-4-1-10(7-13)9-17-15(19)12-3-2-11-5-6-16-14(11)8-12/h2-3,8,10,13,16,18H,1,4-7,9H2,(H,17,19). The molecule has 2 atom stereocenters. The monoisotopic (exact) mass is 260 g/mol. The van der Waals surface area contributed by atoms with E-state index < -0.39 is 0 Å². The number of anilines is 1. The largest absolute Gasteiger partial charge is 0.393 e. The summed E-state index contributed by atoms with van der Waals surface area (Å²) in [5.74, 6) is 0.407. The SMILES string of the molecule is O=C(NCC1CCC(O)C1)c1ccc2c(c1)NCC2. The van der Waals surface area contributed by atoms with E-state index in [0.29, 0.717) is 18.0 Å². The van der Waals surface area contributed by atoms with E-state index >= 15 is 0 Å². The molecule has 0 radical (unpaired) electrons. The number of benzene rings is 1. The Hall–Kier alpha value is -1.55. The van der Waals surface area contributed by atoms with Gasteiger partial charge in [-0.05, 0) is 49.3 Å². The minimum absolute atomic E-state index is 0.0158. The highest BCUT2D eigenvalue weighted by Crippen LogP contribution is 2.25. The number of carbonyl (C=O) groups is 1. The van der Waals surface area contributed by atoms with Crippen molar-refractivity contribution in [2.75, 3.05) is 18.4 Å². The van der Waals surface area contributed by atoms with Crippen molar-refractivity contribution in [1.29, 1.82) is 0 Å². The van der Waals surface area contributed by atoms with Crippen LogP contribution in [0.4, 0.5) is 5.69 Å². The first-order valence-electron chi connectivity index (χ1n) is 7.05. The highest BCUT2D eigenvalue weighted by molar-refractivity contribution is 5.95. The van der Waals surface area contributed by atoms with E-state index in [4.69, 9.17) is 0 Å². The van der Waals surface area contributed by atoms with Crippen LogP contribution in [-0.2, 0) is 6.42 Å². The molecule has 3 N–H and O–H groups in total. The van der Waals surface area contributed by atoms with Gasteiger partial charge in [0.2, 0.25) is 0 Å². The first kappa shape index (κ1) is 12.5. The lowest BCUT2D eigenvalue weighted by Crippen LogP contribution is -2.28. The fourth-order valence-electron chi connectivity index (χ4n) is 3.01. The molecule has 1 aromatic carbocycles. The number of hydrogen-bond donors (Lipinski definition) is 3. The van der Waals surface area contributed by atoms with E-state index in [9.17, 15) is 9.90 Å². The molecule has 1 heterocycles. The minimum Gasteiger partial charge on any atom is -0.393 e. The molecule has 0 bridgehead atoms. The lowest BCUT2D eigenvalue weighted by atomic mass is 10.1. The first-order chi connectivity index (χ1) is 9.22. The molecule has 1 saturated carbocycles. The van der Waals surface area contributed by atoms with Gasteiger partial charge in [0.05, 0.1) is 6.10 Å². The van der Waals surface area contributed by atoms with Gasteiger partial charge in [-0.1, -0.05) is 6.07 Å². The Morgan fingerprint density at radius 3 is 3.11 bits per heavy atom. The molecule has 2 unspecified atom stereocenters. The highest BCUT2D eigenvalue weighted by Gasteiger charge is 2.23. The zero-order valence-electron chi connectivity index (χ0n) is 11.0. The molecule has 0 aromatic heterocycles. The first-order valence-corrected chi connectivity index (χ1v) is 7.05. The van der Waals surface area contributed by atoms with Crippen LogP contribution in [0.2, 0.25) is 0 Å². The number of aliphatic hydroxyl groups excluding tert-OH is 1. The van der Waals surface area contributed by atoms with Gasteiger partial charge in [0.25, 0.3) is 5.91 Å². The molecule has 0 saturated heterocycles. The molecule has 19 heavy (non-hydrogen) atoms. The highest BCUT2D eigenvalue weighted by atomic mass is 16.3. The molecule has 1 aromatic rings. The summed E-state index contributed by atoms with van der Waals surface area (Å²) in [5, 5.41) is 15.7. The van der Waals surface area contributed by atoms with Gasteiger partial charge in [0.15, 0.2) is 0 Å². The van der Waals surface area contributed by atoms with Gasteiger partial charge in [0.1, 0.15) is 0 Å². The second kappa shape index (κ2) is 5.21. The predicted molar refractivity (Wildman–Crippen MR) is 74.3 cm³/mol. The zero-order chi connectivity index (χ0) is 13.2. The normalized spacial score (nSPS) is 24.9. The van der Waals surface area contributed by atoms with Crippen molar-refractivity contribution in [2.24, 2.45) is 5.92 Å². The molecule has 3 rings (SSSR count). The average molecular weight is 260 g/mol. The van der Waals surface area contributed by atoms with Crippen molar-refractivity contribution >= 4 is 11.6 Å². The summed E-state index contributed by atoms with van der Waals surface area (Å²) in [7, 11) is 0. The Morgan fingerprint density at radius 2 is 2.32 bits per heavy atom. The van der Waals surface area contributed by atoms with Gasteiger partial charge in [-0.2, -0.15) is 0 Å². The van der Waals surface area contributed by atoms with Crippen LogP contribution < -0.4 is 10.6 Å². The molecule has 102 valence electrons. The maximum absolute atomic E-state index is 12.1. The molecular formula is C15H20N2O2. The molecule has 1 aliphatic carbocycles. The Kier molecular flexibility index (Phi) is 3.42. The number of fused-ring (bicyclic) bond motifs is 1. The van der Waals surface area contributed by atoms with Crippen molar-refractivity contribution in [3.63, 3.8) is 0 Å². The van der Waals surface area contributed by atoms with Gasteiger partial charge < -0.3 is 15.7 Å². The molecule has 1 fully saturated rings. The van der Waals surface area contributed by atoms with Gasteiger partial charge >= 0.3 is 0 Å². The quantitative estimate of drug-likeness (QED) is 0.772. The molecular weight excluding hydrogens is 240 g/mol. The number of carbonyl (C=O) groups excluding carboxylic acids is 1. The fraction of sp³-hybridized carbons (Fsp3) is 0.533. The number of aliphatic hydroxyl groups is 1. The zero-order valence-corrected chi connectivity index (χ0v) is 11.0. The van der Waals surface area contributed by atoms with Crippen LogP contribution >= 0.6 is 0 Å². The van der Waals surface area contributed by atoms with E-state index in [0.717, 1.165) is 37.9 Å². The van der Waals surface area contributed by atoms with Crippen LogP contribution in [0.25, 0.3) is 0 Å². The maximum Gasteiger partial charge on any atom is 0.251 e. The summed E-state index contributed by atoms with van der Waals surface area (Å²) in [5.41, 5.74) is 3.09. The van der Waals surface area contributed by atoms with Crippen LogP contribution in [-0.4, -0.2) is 30.2 Å². The summed E-state index contributed by atoms with van der Waals surface area (Å²) >= 11 is 0. The van der Waals surface area contributed by atoms with Crippen molar-refractivity contribution in [3.05, 3.63) is 29.3 Å². The average Bonchev–Trinajstić information content (AvgIpc) is 3.03. The van der Waals surface area contributed by atoms with Crippen molar-refractivity contribution < 1.29 is 9.90 Å². The van der Waals surface area contributed by atoms with Crippen LogP contribution in [0.3, 0.4) is 0 Å². The summed E-state index contributed by atoms with van der Waals surface area (Å²) in [6.07, 6.45) is 3.55. The van der Waals surface area contributed by atoms with Gasteiger partial charge in [-0.3, -0.25) is 4.79 Å². The molecule has 4 heteroatoms. The van der Waals surface area contributed by atoms with Gasteiger partial charge in [-0.25, -0.2) is 0 Å². The van der Waals surface area contributed by atoms with Crippen LogP contribution in [0.15, 0.2) is 18.2 Å². The van der Waals surface area contributed by atoms with Gasteiger partial charge in [0, 0.05) is 24.3 Å². The number of rotatable bonds is 3. The minimum atomic E-state index is -0.175. The Morgan fingerprint density at radius 1 is 1.42 bits per heavy atom. The topological polar surface area (TPSA) is 61.4 Å². The molecule has 1 aliphatic heterocycles. The van der Waals surface area contributed by atoms with Crippen molar-refractivity contribution in [2.45, 2.75) is 31.8 Å². The molecule has 1 amide bonds. The van der Waals surface area contributed by atoms with E-state index in [1.54, 1.807) is 0 Å². The van der Waals surface area contributed by atoms with E-state index in [1.807, 2.05) is 18.2 Å². The third kappa shape index (κ3) is 2.73. The second-order valence-electron chi connectivity index (χ2n) is 5.59. The smallest absolute Gasteiger partial charge is 0.251 e. The number of hydrogen-bond acceptors (Lipinski definition) is 3. The summed E-state index contributed by atoms with van der Waals surface area (Å²) in [6.45, 7) is 1.63. The Bertz CT molecular complexity index is 487. The fourth-order valence-corrected chi connectivity index (χ4v) is 3.01. The van der Waals surface area contributed by atoms with Crippen molar-refractivity contribution in [1.82, 2.24) is 5.32 Å². The summed E-state index contributed by atoms with van der Waals surface area (Å²) in [4.78, 5) is 12.1. The van der Waals surface area contributed by atoms with E-state index in [1.165, 1.54) is 5.56 Å². The number of amides is 1. The predicted octanol–water partition coefficient (Wildman–Crippen LogP) is 1.55. The molecule has 0 spiro atoms. The Balaban J connectivity index is 1.58. The van der Waals surface area contributed by atoms with Crippen LogP contribution in [0, 0.1) is 5.92 Å². The summed E-state index contributed by atoms with van der Waals surface area (Å²) < 4.78 is 0.